The second-order valence-corrected chi connectivity index (χ2v) is 6.63. The van der Waals surface area contributed by atoms with E-state index in [1.807, 2.05) is 24.3 Å². The molecule has 1 N–H and O–H groups in total. The van der Waals surface area contributed by atoms with Crippen molar-refractivity contribution in [3.8, 4) is 5.75 Å². The van der Waals surface area contributed by atoms with Crippen LogP contribution in [0.3, 0.4) is 0 Å². The van der Waals surface area contributed by atoms with Crippen molar-refractivity contribution in [2.45, 2.75) is 44.2 Å². The van der Waals surface area contributed by atoms with Gasteiger partial charge in [-0.25, -0.2) is 0 Å². The number of benzene rings is 1. The number of para-hydroxylation sites is 1. The molecule has 5 heteroatoms. The molecule has 1 aromatic carbocycles. The molecule has 5 nitrogen and oxygen atoms in total. The van der Waals surface area contributed by atoms with Crippen molar-refractivity contribution in [3.05, 3.63) is 29.8 Å². The summed E-state index contributed by atoms with van der Waals surface area (Å²) in [6, 6.07) is 7.76. The summed E-state index contributed by atoms with van der Waals surface area (Å²) < 4.78 is 11.5. The van der Waals surface area contributed by atoms with Gasteiger partial charge in [-0.1, -0.05) is 24.6 Å². The lowest BCUT2D eigenvalue weighted by molar-refractivity contribution is -0.171. The van der Waals surface area contributed by atoms with Crippen LogP contribution in [-0.2, 0) is 14.3 Å². The highest BCUT2D eigenvalue weighted by atomic mass is 16.5. The highest BCUT2D eigenvalue weighted by Crippen LogP contribution is 2.55. The van der Waals surface area contributed by atoms with Gasteiger partial charge in [0.1, 0.15) is 11.7 Å². The lowest BCUT2D eigenvalue weighted by Crippen LogP contribution is -2.69. The first-order chi connectivity index (χ1) is 11.2. The van der Waals surface area contributed by atoms with Crippen LogP contribution in [0.25, 0.3) is 0 Å². The molecule has 4 rings (SSSR count). The molecule has 2 bridgehead atoms. The third-order valence-corrected chi connectivity index (χ3v) is 5.43. The van der Waals surface area contributed by atoms with E-state index in [9.17, 15) is 9.59 Å². The molecule has 122 valence electrons. The summed E-state index contributed by atoms with van der Waals surface area (Å²) in [5.74, 6) is -0.723. The molecule has 2 heterocycles. The Bertz CT molecular complexity index is 658. The van der Waals surface area contributed by atoms with E-state index in [1.165, 1.54) is 0 Å². The largest absolute Gasteiger partial charge is 0.467 e. The Kier molecular flexibility index (Phi) is 3.32. The summed E-state index contributed by atoms with van der Waals surface area (Å²) in [4.78, 5) is 25.2. The fourth-order valence-corrected chi connectivity index (χ4v) is 4.56. The van der Waals surface area contributed by atoms with Gasteiger partial charge in [-0.2, -0.15) is 0 Å². The number of amides is 1. The molecule has 1 aliphatic carbocycles. The van der Waals surface area contributed by atoms with Crippen LogP contribution in [0.2, 0.25) is 0 Å². The molecule has 0 spiro atoms. The number of hydrogen-bond donors (Lipinski definition) is 1. The summed E-state index contributed by atoms with van der Waals surface area (Å²) in [6.45, 7) is 2.05. The van der Waals surface area contributed by atoms with Crippen molar-refractivity contribution in [3.63, 3.8) is 0 Å². The minimum Gasteiger partial charge on any atom is -0.467 e. The fraction of sp³-hybridized carbons (Fsp3) is 0.556. The zero-order valence-corrected chi connectivity index (χ0v) is 13.2. The molecular formula is C18H21NO4. The van der Waals surface area contributed by atoms with E-state index in [2.05, 4.69) is 5.32 Å². The van der Waals surface area contributed by atoms with E-state index in [1.54, 1.807) is 6.92 Å². The first-order valence-corrected chi connectivity index (χ1v) is 8.43. The number of carbonyl (C=O) groups excluding carboxylic acids is 2. The Hall–Kier alpha value is -2.04. The first-order valence-electron chi connectivity index (χ1n) is 8.43. The van der Waals surface area contributed by atoms with Crippen molar-refractivity contribution in [1.82, 2.24) is 5.32 Å². The molecular weight excluding hydrogens is 294 g/mol. The number of rotatable bonds is 2. The van der Waals surface area contributed by atoms with Crippen LogP contribution in [0.4, 0.5) is 0 Å². The van der Waals surface area contributed by atoms with Gasteiger partial charge in [0.2, 0.25) is 5.91 Å². The number of carbonyl (C=O) groups is 2. The Morgan fingerprint density at radius 2 is 2.22 bits per heavy atom. The number of fused-ring (bicyclic) bond motifs is 2. The maximum absolute atomic E-state index is 12.7. The second kappa shape index (κ2) is 5.25. The summed E-state index contributed by atoms with van der Waals surface area (Å²) in [5.41, 5.74) is 0.306. The van der Waals surface area contributed by atoms with Crippen molar-refractivity contribution in [1.29, 1.82) is 0 Å². The lowest BCUT2D eigenvalue weighted by Gasteiger charge is -2.55. The van der Waals surface area contributed by atoms with E-state index in [4.69, 9.17) is 9.47 Å². The molecule has 1 saturated carbocycles. The van der Waals surface area contributed by atoms with Crippen molar-refractivity contribution < 1.29 is 19.1 Å². The highest BCUT2D eigenvalue weighted by Gasteiger charge is 2.61. The van der Waals surface area contributed by atoms with E-state index in [0.717, 1.165) is 37.0 Å². The van der Waals surface area contributed by atoms with Gasteiger partial charge >= 0.3 is 5.97 Å². The molecule has 1 aromatic rings. The van der Waals surface area contributed by atoms with Crippen LogP contribution < -0.4 is 10.1 Å². The minimum atomic E-state index is -0.781. The Balaban J connectivity index is 1.85. The number of hydrogen-bond acceptors (Lipinski definition) is 4. The monoisotopic (exact) mass is 315 g/mol. The van der Waals surface area contributed by atoms with E-state index >= 15 is 0 Å². The fourth-order valence-electron chi connectivity index (χ4n) is 4.56. The van der Waals surface area contributed by atoms with Crippen LogP contribution in [-0.4, -0.2) is 24.2 Å². The van der Waals surface area contributed by atoms with Gasteiger partial charge < -0.3 is 14.8 Å². The van der Waals surface area contributed by atoms with Crippen LogP contribution in [0.15, 0.2) is 24.3 Å². The lowest BCUT2D eigenvalue weighted by atomic mass is 9.62. The molecule has 3 aliphatic rings. The molecule has 4 atom stereocenters. The molecule has 1 amide bonds. The average Bonchev–Trinajstić information content (AvgIpc) is 2.54. The molecule has 2 aliphatic heterocycles. The standard InChI is InChI=1S/C18H21NO4/c1-2-22-17(21)15-14-11-7-3-4-9-13(11)23-18(19-16(15)20)10-6-5-8-12(14)18/h3-4,7,9,12,14-15H,2,5-6,8,10H2,1H3,(H,19,20)/t12-,14+,15+,18-/m1/s1. The Morgan fingerprint density at radius 1 is 1.39 bits per heavy atom. The molecule has 23 heavy (non-hydrogen) atoms. The predicted octanol–water partition coefficient (Wildman–Crippen LogP) is 2.36. The third-order valence-electron chi connectivity index (χ3n) is 5.43. The van der Waals surface area contributed by atoms with Crippen LogP contribution in [0, 0.1) is 11.8 Å². The van der Waals surface area contributed by atoms with Crippen LogP contribution >= 0.6 is 0 Å². The topological polar surface area (TPSA) is 64.6 Å². The molecule has 1 saturated heterocycles. The molecule has 0 unspecified atom stereocenters. The van der Waals surface area contributed by atoms with Gasteiger partial charge in [-0.05, 0) is 31.4 Å². The van der Waals surface area contributed by atoms with Crippen LogP contribution in [0.1, 0.15) is 44.1 Å². The summed E-state index contributed by atoms with van der Waals surface area (Å²) in [5, 5.41) is 3.03. The quantitative estimate of drug-likeness (QED) is 0.672. The maximum Gasteiger partial charge on any atom is 0.319 e. The second-order valence-electron chi connectivity index (χ2n) is 6.63. The van der Waals surface area contributed by atoms with Crippen molar-refractivity contribution in [2.75, 3.05) is 6.61 Å². The van der Waals surface area contributed by atoms with Gasteiger partial charge in [-0.3, -0.25) is 9.59 Å². The van der Waals surface area contributed by atoms with Crippen molar-refractivity contribution in [2.24, 2.45) is 11.8 Å². The van der Waals surface area contributed by atoms with E-state index in [0.29, 0.717) is 0 Å². The summed E-state index contributed by atoms with van der Waals surface area (Å²) in [7, 11) is 0. The van der Waals surface area contributed by atoms with Gasteiger partial charge in [0.05, 0.1) is 6.61 Å². The zero-order chi connectivity index (χ0) is 16.0. The highest BCUT2D eigenvalue weighted by molar-refractivity contribution is 6.00. The minimum absolute atomic E-state index is 0.123. The van der Waals surface area contributed by atoms with Gasteiger partial charge in [0.25, 0.3) is 0 Å². The van der Waals surface area contributed by atoms with Gasteiger partial charge in [0, 0.05) is 18.3 Å². The molecule has 0 radical (unpaired) electrons. The summed E-state index contributed by atoms with van der Waals surface area (Å²) >= 11 is 0. The number of nitrogens with one attached hydrogen (secondary N) is 1. The predicted molar refractivity (Wildman–Crippen MR) is 82.8 cm³/mol. The molecule has 0 aromatic heterocycles. The van der Waals surface area contributed by atoms with Gasteiger partial charge in [-0.15, -0.1) is 0 Å². The Labute approximate surface area is 135 Å². The molecule has 2 fully saturated rings. The number of ether oxygens (including phenoxy) is 2. The van der Waals surface area contributed by atoms with E-state index in [-0.39, 0.29) is 24.3 Å². The SMILES string of the molecule is CCOC(=O)[C@@H]1C(=O)N[C@@]23CCCC[C@@H]2[C@@H]1c1ccccc1O3. The smallest absolute Gasteiger partial charge is 0.319 e. The first kappa shape index (κ1) is 14.5. The van der Waals surface area contributed by atoms with Crippen molar-refractivity contribution >= 4 is 11.9 Å². The normalized spacial score (nSPS) is 34.5. The summed E-state index contributed by atoms with van der Waals surface area (Å²) in [6.07, 6.45) is 3.87. The maximum atomic E-state index is 12.7. The Morgan fingerprint density at radius 3 is 3.04 bits per heavy atom. The van der Waals surface area contributed by atoms with Gasteiger partial charge in [0.15, 0.2) is 5.72 Å². The number of esters is 1. The zero-order valence-electron chi connectivity index (χ0n) is 13.2. The third kappa shape index (κ3) is 2.06. The van der Waals surface area contributed by atoms with Crippen LogP contribution in [0.5, 0.6) is 5.75 Å². The van der Waals surface area contributed by atoms with E-state index < -0.39 is 17.6 Å². The average molecular weight is 315 g/mol. The number of piperidine rings is 1.